The lowest BCUT2D eigenvalue weighted by Gasteiger charge is -2.07. The van der Waals surface area contributed by atoms with Crippen molar-refractivity contribution in [2.24, 2.45) is 0 Å². The average Bonchev–Trinajstić information content (AvgIpc) is 3.09. The summed E-state index contributed by atoms with van der Waals surface area (Å²) in [5.41, 5.74) is 0.263. The van der Waals surface area contributed by atoms with E-state index >= 15 is 0 Å². The second-order valence-corrected chi connectivity index (χ2v) is 9.25. The molecule has 9 heteroatoms. The number of hydrogen-bond donors (Lipinski definition) is 1. The van der Waals surface area contributed by atoms with Gasteiger partial charge in [0, 0.05) is 16.5 Å². The first-order chi connectivity index (χ1) is 13.9. The van der Waals surface area contributed by atoms with Crippen molar-refractivity contribution in [1.29, 1.82) is 0 Å². The standard InChI is InChI=1S/C20H19NO6S2/c1-26-13-7-9-14(10-8-13)29(24,25)12-11-17(22)21-19-18(20(23)27-2)15-5-3-4-6-16(15)28-19/h3-10H,11-12H2,1-2H3,(H,21,22). The van der Waals surface area contributed by atoms with Crippen molar-refractivity contribution in [3.05, 3.63) is 54.1 Å². The van der Waals surface area contributed by atoms with E-state index in [2.05, 4.69) is 5.32 Å². The van der Waals surface area contributed by atoms with E-state index in [1.807, 2.05) is 12.1 Å². The topological polar surface area (TPSA) is 98.8 Å². The van der Waals surface area contributed by atoms with Crippen LogP contribution in [0.25, 0.3) is 10.1 Å². The third kappa shape index (κ3) is 4.57. The number of esters is 1. The molecular weight excluding hydrogens is 414 g/mol. The van der Waals surface area contributed by atoms with Crippen molar-refractivity contribution in [3.63, 3.8) is 0 Å². The van der Waals surface area contributed by atoms with Gasteiger partial charge in [-0.1, -0.05) is 18.2 Å². The Morgan fingerprint density at radius 1 is 1.03 bits per heavy atom. The summed E-state index contributed by atoms with van der Waals surface area (Å²) < 4.78 is 35.6. The molecule has 0 aliphatic carbocycles. The SMILES string of the molecule is COC(=O)c1c(NC(=O)CCS(=O)(=O)c2ccc(OC)cc2)sc2ccccc12. The number of ether oxygens (including phenoxy) is 2. The number of benzene rings is 2. The van der Waals surface area contributed by atoms with Gasteiger partial charge in [0.15, 0.2) is 9.84 Å². The maximum atomic E-state index is 12.5. The molecule has 0 saturated heterocycles. The van der Waals surface area contributed by atoms with Gasteiger partial charge >= 0.3 is 5.97 Å². The summed E-state index contributed by atoms with van der Waals surface area (Å²) in [4.78, 5) is 24.7. The fourth-order valence-electron chi connectivity index (χ4n) is 2.76. The Balaban J connectivity index is 1.74. The number of fused-ring (bicyclic) bond motifs is 1. The lowest BCUT2D eigenvalue weighted by Crippen LogP contribution is -2.18. The van der Waals surface area contributed by atoms with E-state index in [4.69, 9.17) is 9.47 Å². The van der Waals surface area contributed by atoms with Gasteiger partial charge in [-0.3, -0.25) is 4.79 Å². The van der Waals surface area contributed by atoms with Crippen LogP contribution in [-0.4, -0.2) is 40.3 Å². The lowest BCUT2D eigenvalue weighted by molar-refractivity contribution is -0.115. The summed E-state index contributed by atoms with van der Waals surface area (Å²) in [5, 5.41) is 3.66. The van der Waals surface area contributed by atoms with Gasteiger partial charge in [-0.25, -0.2) is 13.2 Å². The van der Waals surface area contributed by atoms with E-state index in [0.717, 1.165) is 4.70 Å². The molecule has 1 heterocycles. The molecule has 0 saturated carbocycles. The highest BCUT2D eigenvalue weighted by atomic mass is 32.2. The fraction of sp³-hybridized carbons (Fsp3) is 0.200. The molecule has 0 atom stereocenters. The Morgan fingerprint density at radius 2 is 1.72 bits per heavy atom. The number of methoxy groups -OCH3 is 2. The maximum absolute atomic E-state index is 12.5. The Kier molecular flexibility index (Phi) is 6.19. The summed E-state index contributed by atoms with van der Waals surface area (Å²) in [6.45, 7) is 0. The van der Waals surface area contributed by atoms with Crippen LogP contribution in [0.3, 0.4) is 0 Å². The van der Waals surface area contributed by atoms with Crippen LogP contribution in [0.4, 0.5) is 5.00 Å². The van der Waals surface area contributed by atoms with Crippen LogP contribution in [0.5, 0.6) is 5.75 Å². The summed E-state index contributed by atoms with van der Waals surface area (Å²) >= 11 is 1.23. The Labute approximate surface area is 172 Å². The minimum absolute atomic E-state index is 0.114. The largest absolute Gasteiger partial charge is 0.497 e. The minimum Gasteiger partial charge on any atom is -0.497 e. The molecule has 1 aromatic heterocycles. The zero-order valence-electron chi connectivity index (χ0n) is 15.8. The maximum Gasteiger partial charge on any atom is 0.341 e. The van der Waals surface area contributed by atoms with E-state index < -0.39 is 21.7 Å². The molecule has 0 aliphatic rings. The molecule has 0 radical (unpaired) electrons. The van der Waals surface area contributed by atoms with Crippen LogP contribution in [0.2, 0.25) is 0 Å². The highest BCUT2D eigenvalue weighted by Gasteiger charge is 2.22. The zero-order valence-corrected chi connectivity index (χ0v) is 17.4. The quantitative estimate of drug-likeness (QED) is 0.573. The summed E-state index contributed by atoms with van der Waals surface area (Å²) in [5.74, 6) is -0.881. The molecule has 1 N–H and O–H groups in total. The predicted octanol–water partition coefficient (Wildman–Crippen LogP) is 3.50. The van der Waals surface area contributed by atoms with Gasteiger partial charge in [-0.15, -0.1) is 11.3 Å². The van der Waals surface area contributed by atoms with Crippen LogP contribution in [0.15, 0.2) is 53.4 Å². The van der Waals surface area contributed by atoms with E-state index in [0.29, 0.717) is 16.1 Å². The van der Waals surface area contributed by atoms with Crippen molar-refractivity contribution in [2.45, 2.75) is 11.3 Å². The molecule has 0 spiro atoms. The Hall–Kier alpha value is -2.91. The highest BCUT2D eigenvalue weighted by Crippen LogP contribution is 2.36. The molecule has 7 nitrogen and oxygen atoms in total. The van der Waals surface area contributed by atoms with Crippen LogP contribution < -0.4 is 10.1 Å². The van der Waals surface area contributed by atoms with E-state index in [1.165, 1.54) is 37.7 Å². The molecule has 0 bridgehead atoms. The van der Waals surface area contributed by atoms with Gasteiger partial charge in [0.2, 0.25) is 5.91 Å². The molecule has 1 amide bonds. The predicted molar refractivity (Wildman–Crippen MR) is 111 cm³/mol. The number of amides is 1. The van der Waals surface area contributed by atoms with Gasteiger partial charge in [0.05, 0.1) is 24.9 Å². The number of sulfone groups is 1. The Morgan fingerprint density at radius 3 is 2.38 bits per heavy atom. The molecule has 29 heavy (non-hydrogen) atoms. The van der Waals surface area contributed by atoms with E-state index in [1.54, 1.807) is 24.3 Å². The first-order valence-corrected chi connectivity index (χ1v) is 11.1. The number of thiophene rings is 1. The number of rotatable bonds is 7. The lowest BCUT2D eigenvalue weighted by atomic mass is 10.1. The summed E-state index contributed by atoms with van der Waals surface area (Å²) in [6.07, 6.45) is -0.247. The number of carbonyl (C=O) groups excluding carboxylic acids is 2. The summed E-state index contributed by atoms with van der Waals surface area (Å²) in [7, 11) is -0.877. The van der Waals surface area contributed by atoms with Crippen molar-refractivity contribution < 1.29 is 27.5 Å². The van der Waals surface area contributed by atoms with Crippen LogP contribution in [-0.2, 0) is 19.4 Å². The Bertz CT molecular complexity index is 1150. The van der Waals surface area contributed by atoms with Crippen molar-refractivity contribution in [2.75, 3.05) is 25.3 Å². The monoisotopic (exact) mass is 433 g/mol. The van der Waals surface area contributed by atoms with Gasteiger partial charge < -0.3 is 14.8 Å². The zero-order chi connectivity index (χ0) is 21.0. The second kappa shape index (κ2) is 8.62. The third-order valence-electron chi connectivity index (χ3n) is 4.25. The van der Waals surface area contributed by atoms with Gasteiger partial charge in [0.1, 0.15) is 16.3 Å². The normalized spacial score (nSPS) is 11.2. The molecular formula is C20H19NO6S2. The number of nitrogens with one attached hydrogen (secondary N) is 1. The smallest absolute Gasteiger partial charge is 0.341 e. The van der Waals surface area contributed by atoms with Gasteiger partial charge in [-0.05, 0) is 30.3 Å². The summed E-state index contributed by atoms with van der Waals surface area (Å²) in [6, 6.07) is 13.2. The van der Waals surface area contributed by atoms with Crippen LogP contribution >= 0.6 is 11.3 Å². The minimum atomic E-state index is -3.63. The van der Waals surface area contributed by atoms with Gasteiger partial charge in [-0.2, -0.15) is 0 Å². The van der Waals surface area contributed by atoms with Gasteiger partial charge in [0.25, 0.3) is 0 Å². The number of anilines is 1. The van der Waals surface area contributed by atoms with Crippen molar-refractivity contribution in [1.82, 2.24) is 0 Å². The van der Waals surface area contributed by atoms with Crippen LogP contribution in [0.1, 0.15) is 16.8 Å². The molecule has 3 aromatic rings. The van der Waals surface area contributed by atoms with Crippen LogP contribution in [0, 0.1) is 0 Å². The first-order valence-electron chi connectivity index (χ1n) is 8.62. The van der Waals surface area contributed by atoms with E-state index in [9.17, 15) is 18.0 Å². The molecule has 0 aliphatic heterocycles. The molecule has 0 unspecified atom stereocenters. The fourth-order valence-corrected chi connectivity index (χ4v) is 5.10. The number of carbonyl (C=O) groups is 2. The average molecular weight is 434 g/mol. The third-order valence-corrected chi connectivity index (χ3v) is 7.07. The molecule has 2 aromatic carbocycles. The number of hydrogen-bond acceptors (Lipinski definition) is 7. The molecule has 152 valence electrons. The molecule has 3 rings (SSSR count). The second-order valence-electron chi connectivity index (χ2n) is 6.09. The first kappa shape index (κ1) is 20.8. The molecule has 0 fully saturated rings. The van der Waals surface area contributed by atoms with E-state index in [-0.39, 0.29) is 22.6 Å². The highest BCUT2D eigenvalue weighted by molar-refractivity contribution is 7.91. The van der Waals surface area contributed by atoms with Crippen molar-refractivity contribution >= 4 is 48.1 Å². The van der Waals surface area contributed by atoms with Crippen molar-refractivity contribution in [3.8, 4) is 5.75 Å².